The molecule has 0 radical (unpaired) electrons. The lowest BCUT2D eigenvalue weighted by atomic mass is 10.0. The van der Waals surface area contributed by atoms with E-state index in [1.165, 1.54) is 18.2 Å². The molecule has 4 aliphatic rings. The van der Waals surface area contributed by atoms with Crippen molar-refractivity contribution in [2.24, 2.45) is 0 Å². The monoisotopic (exact) mass is 872 g/mol. The standard InChI is InChI=1S/C40H60N10O8S2/c41-46-23-26-20-27(37(53)44-14-7-17-57-16-5-12-42-33(51)10-3-1-8-31-35-29(24-59-31)47-39(55)49-35)22-28(21-26)38(54)45-15-19-58-18-6-13-43-34(52)11-4-2-9-32-36-30(25-60-32)48-40(56)50-36/h20-23,29-32,35-36H,1-19,24-25H2,(H,42,51)(H,43,52)(H,44,53)(H,45,54)(H2,47,49,55)(H2,48,50,56). The Bertz CT molecular complexity index is 1680. The SMILES string of the molecule is [N-]=[N+]=Cc1cc(C(=O)NCCCOCCCNC(=O)CCCCC2SCC3NC(=O)NC32)cc(C(=O)NCCOCCCNC(=O)CCCCC2SCC3NC(=O)NC32)c1. The van der Waals surface area contributed by atoms with Crippen LogP contribution in [0, 0.1) is 0 Å². The molecule has 6 atom stereocenters. The lowest BCUT2D eigenvalue weighted by molar-refractivity contribution is -0.122. The molecule has 1 aromatic carbocycles. The number of thioether (sulfide) groups is 2. The summed E-state index contributed by atoms with van der Waals surface area (Å²) in [5.74, 6) is 1.10. The molecule has 330 valence electrons. The van der Waals surface area contributed by atoms with Crippen LogP contribution in [0.3, 0.4) is 0 Å². The number of urea groups is 2. The molecule has 20 heteroatoms. The maximum atomic E-state index is 12.9. The number of amides is 8. The van der Waals surface area contributed by atoms with Crippen molar-refractivity contribution in [2.45, 2.75) is 105 Å². The third kappa shape index (κ3) is 15.6. The molecule has 4 saturated heterocycles. The number of fused-ring (bicyclic) bond motifs is 2. The predicted octanol–water partition coefficient (Wildman–Crippen LogP) is 1.68. The molecule has 6 unspecified atom stereocenters. The fourth-order valence-corrected chi connectivity index (χ4v) is 10.7. The third-order valence-corrected chi connectivity index (χ3v) is 13.7. The second-order valence-corrected chi connectivity index (χ2v) is 17.9. The van der Waals surface area contributed by atoms with Gasteiger partial charge < -0.3 is 57.5 Å². The second-order valence-electron chi connectivity index (χ2n) is 15.3. The zero-order chi connectivity index (χ0) is 42.5. The van der Waals surface area contributed by atoms with Crippen LogP contribution >= 0.6 is 23.5 Å². The van der Waals surface area contributed by atoms with Crippen LogP contribution in [-0.4, -0.2) is 145 Å². The zero-order valence-corrected chi connectivity index (χ0v) is 35.7. The predicted molar refractivity (Wildman–Crippen MR) is 229 cm³/mol. The highest BCUT2D eigenvalue weighted by Gasteiger charge is 2.43. The Morgan fingerprint density at radius 1 is 0.633 bits per heavy atom. The van der Waals surface area contributed by atoms with Crippen molar-refractivity contribution < 1.29 is 43.0 Å². The Kier molecular flexibility index (Phi) is 19.8. The molecule has 0 bridgehead atoms. The van der Waals surface area contributed by atoms with Gasteiger partial charge in [0.25, 0.3) is 18.0 Å². The number of nitrogens with zero attached hydrogens (tertiary/aromatic N) is 2. The first kappa shape index (κ1) is 46.7. The Balaban J connectivity index is 0.838. The minimum atomic E-state index is -0.413. The van der Waals surface area contributed by atoms with Gasteiger partial charge in [-0.3, -0.25) is 19.2 Å². The lowest BCUT2D eigenvalue weighted by Crippen LogP contribution is -2.36. The molecule has 8 N–H and O–H groups in total. The normalized spacial score (nSPS) is 22.3. The zero-order valence-electron chi connectivity index (χ0n) is 34.1. The molecule has 8 amide bonds. The topological polar surface area (TPSA) is 254 Å². The van der Waals surface area contributed by atoms with E-state index in [2.05, 4.69) is 47.3 Å². The molecule has 0 aliphatic carbocycles. The highest BCUT2D eigenvalue weighted by Crippen LogP contribution is 2.34. The smallest absolute Gasteiger partial charge is 0.315 e. The molecular weight excluding hydrogens is 813 g/mol. The third-order valence-electron chi connectivity index (χ3n) is 10.7. The molecule has 0 spiro atoms. The Hall–Kier alpha value is -4.36. The van der Waals surface area contributed by atoms with Gasteiger partial charge in [0.2, 0.25) is 11.8 Å². The van der Waals surface area contributed by atoms with E-state index in [1.807, 2.05) is 23.5 Å². The van der Waals surface area contributed by atoms with Crippen LogP contribution in [0.25, 0.3) is 5.53 Å². The maximum Gasteiger partial charge on any atom is 0.315 e. The highest BCUT2D eigenvalue weighted by molar-refractivity contribution is 8.00. The van der Waals surface area contributed by atoms with Gasteiger partial charge in [-0.15, -0.1) is 0 Å². The quantitative estimate of drug-likeness (QED) is 0.0199. The van der Waals surface area contributed by atoms with E-state index in [4.69, 9.17) is 15.0 Å². The average Bonchev–Trinajstić information content (AvgIpc) is 4.00. The lowest BCUT2D eigenvalue weighted by Gasteiger charge is -2.16. The van der Waals surface area contributed by atoms with Crippen molar-refractivity contribution >= 4 is 65.4 Å². The minimum Gasteiger partial charge on any atom is -0.381 e. The van der Waals surface area contributed by atoms with Crippen molar-refractivity contribution in [1.82, 2.24) is 42.5 Å². The summed E-state index contributed by atoms with van der Waals surface area (Å²) in [7, 11) is 0. The number of unbranched alkanes of at least 4 members (excludes halogenated alkanes) is 2. The summed E-state index contributed by atoms with van der Waals surface area (Å²) < 4.78 is 11.3. The van der Waals surface area contributed by atoms with Crippen molar-refractivity contribution in [2.75, 3.05) is 64.1 Å². The number of carbonyl (C=O) groups excluding carboxylic acids is 6. The van der Waals surface area contributed by atoms with Gasteiger partial charge in [-0.25, -0.2) is 9.59 Å². The van der Waals surface area contributed by atoms with Gasteiger partial charge in [0.15, 0.2) is 0 Å². The van der Waals surface area contributed by atoms with Crippen molar-refractivity contribution in [3.05, 3.63) is 40.4 Å². The number of benzene rings is 1. The van der Waals surface area contributed by atoms with E-state index in [1.54, 1.807) is 0 Å². The molecule has 0 saturated carbocycles. The molecule has 1 aromatic rings. The number of ether oxygens (including phenoxy) is 2. The Morgan fingerprint density at radius 2 is 1.10 bits per heavy atom. The van der Waals surface area contributed by atoms with E-state index in [9.17, 15) is 28.8 Å². The Labute approximate surface area is 359 Å². The van der Waals surface area contributed by atoms with Gasteiger partial charge in [-0.05, 0) is 63.1 Å². The maximum absolute atomic E-state index is 12.9. The molecule has 4 aliphatic heterocycles. The van der Waals surface area contributed by atoms with Crippen LogP contribution in [0.2, 0.25) is 0 Å². The molecule has 18 nitrogen and oxygen atoms in total. The first-order valence-corrected chi connectivity index (χ1v) is 23.2. The molecule has 60 heavy (non-hydrogen) atoms. The summed E-state index contributed by atoms with van der Waals surface area (Å²) in [5, 5.41) is 24.1. The van der Waals surface area contributed by atoms with E-state index in [0.717, 1.165) is 56.2 Å². The van der Waals surface area contributed by atoms with Crippen LogP contribution in [0.5, 0.6) is 0 Å². The van der Waals surface area contributed by atoms with Gasteiger partial charge in [-0.2, -0.15) is 28.3 Å². The first-order valence-electron chi connectivity index (χ1n) is 21.1. The molecule has 5 rings (SSSR count). The van der Waals surface area contributed by atoms with Crippen molar-refractivity contribution in [3.63, 3.8) is 0 Å². The van der Waals surface area contributed by atoms with Gasteiger partial charge in [0.05, 0.1) is 36.3 Å². The Morgan fingerprint density at radius 3 is 1.60 bits per heavy atom. The summed E-state index contributed by atoms with van der Waals surface area (Å²) in [6.45, 7) is 3.19. The summed E-state index contributed by atoms with van der Waals surface area (Å²) in [4.78, 5) is 76.3. The number of nitrogens with one attached hydrogen (secondary N) is 8. The van der Waals surface area contributed by atoms with Gasteiger partial charge in [0.1, 0.15) is 0 Å². The van der Waals surface area contributed by atoms with E-state index in [-0.39, 0.29) is 78.2 Å². The van der Waals surface area contributed by atoms with E-state index in [0.29, 0.717) is 87.6 Å². The number of hydrogen-bond acceptors (Lipinski definition) is 10. The summed E-state index contributed by atoms with van der Waals surface area (Å²) in [5.41, 5.74) is 9.91. The summed E-state index contributed by atoms with van der Waals surface area (Å²) >= 11 is 3.76. The van der Waals surface area contributed by atoms with Crippen molar-refractivity contribution in [3.8, 4) is 0 Å². The van der Waals surface area contributed by atoms with E-state index < -0.39 is 5.91 Å². The van der Waals surface area contributed by atoms with Gasteiger partial charge >= 0.3 is 12.1 Å². The fraction of sp³-hybridized carbons (Fsp3) is 0.675. The average molecular weight is 873 g/mol. The minimum absolute atomic E-state index is 0.00730. The van der Waals surface area contributed by atoms with Gasteiger partial charge in [-0.1, -0.05) is 12.8 Å². The molecular formula is C40H60N10O8S2. The number of carbonyl (C=O) groups is 6. The fourth-order valence-electron chi connectivity index (χ4n) is 7.61. The first-order chi connectivity index (χ1) is 29.2. The number of hydrogen-bond donors (Lipinski definition) is 8. The van der Waals surface area contributed by atoms with Crippen LogP contribution in [0.1, 0.15) is 96.9 Å². The van der Waals surface area contributed by atoms with Gasteiger partial charge in [0, 0.05) is 92.0 Å². The van der Waals surface area contributed by atoms with Crippen LogP contribution in [0.4, 0.5) is 9.59 Å². The molecule has 4 heterocycles. The number of rotatable bonds is 28. The van der Waals surface area contributed by atoms with Crippen molar-refractivity contribution in [1.29, 1.82) is 0 Å². The van der Waals surface area contributed by atoms with Crippen LogP contribution < -0.4 is 42.5 Å². The summed E-state index contributed by atoms with van der Waals surface area (Å²) in [6, 6.07) is 5.15. The van der Waals surface area contributed by atoms with Crippen LogP contribution in [0.15, 0.2) is 18.2 Å². The largest absolute Gasteiger partial charge is 0.381 e. The van der Waals surface area contributed by atoms with Crippen LogP contribution in [-0.2, 0) is 19.1 Å². The molecule has 4 fully saturated rings. The van der Waals surface area contributed by atoms with E-state index >= 15 is 0 Å². The second kappa shape index (κ2) is 25.4. The summed E-state index contributed by atoms with van der Waals surface area (Å²) in [6.07, 6.45) is 9.40. The highest BCUT2D eigenvalue weighted by atomic mass is 32.2. The molecule has 0 aromatic heterocycles.